The van der Waals surface area contributed by atoms with Gasteiger partial charge < -0.3 is 9.64 Å². The summed E-state index contributed by atoms with van der Waals surface area (Å²) in [5, 5.41) is 0. The van der Waals surface area contributed by atoms with Crippen molar-refractivity contribution in [2.24, 2.45) is 0 Å². The van der Waals surface area contributed by atoms with Crippen LogP contribution >= 0.6 is 0 Å². The van der Waals surface area contributed by atoms with Gasteiger partial charge in [0.15, 0.2) is 6.61 Å². The minimum atomic E-state index is -5.71. The van der Waals surface area contributed by atoms with Gasteiger partial charge in [-0.05, 0) is 25.9 Å². The Bertz CT molecular complexity index is 363. The van der Waals surface area contributed by atoms with Crippen LogP contribution in [0.5, 0.6) is 0 Å². The number of esters is 1. The predicted octanol–water partition coefficient (Wildman–Crippen LogP) is 5.58. The molecule has 0 rings (SSSR count). The summed E-state index contributed by atoms with van der Waals surface area (Å²) in [7, 11) is 0. The molecule has 0 fully saturated rings. The fourth-order valence-corrected chi connectivity index (χ4v) is 2.43. The van der Waals surface area contributed by atoms with Crippen LogP contribution in [0, 0.1) is 0 Å². The minimum absolute atomic E-state index is 0.185. The summed E-state index contributed by atoms with van der Waals surface area (Å²) in [6, 6.07) is 0. The molecule has 0 saturated heterocycles. The van der Waals surface area contributed by atoms with E-state index in [1.165, 1.54) is 0 Å². The number of unbranched alkanes of at least 4 members (excludes halogenated alkanes) is 6. The quantitative estimate of drug-likeness (QED) is 0.208. The Morgan fingerprint density at radius 1 is 0.808 bits per heavy atom. The number of carbonyl (C=O) groups is 1. The van der Waals surface area contributed by atoms with Crippen molar-refractivity contribution in [1.82, 2.24) is 4.90 Å². The zero-order chi connectivity index (χ0) is 20.1. The van der Waals surface area contributed by atoms with Crippen molar-refractivity contribution in [3.05, 3.63) is 0 Å². The van der Waals surface area contributed by atoms with E-state index in [1.54, 1.807) is 0 Å². The highest BCUT2D eigenvalue weighted by atomic mass is 19.4. The summed E-state index contributed by atoms with van der Waals surface area (Å²) in [5.41, 5.74) is 0. The lowest BCUT2D eigenvalue weighted by Crippen LogP contribution is -2.41. The number of hydrogen-bond donors (Lipinski definition) is 0. The Morgan fingerprint density at radius 3 is 1.73 bits per heavy atom. The summed E-state index contributed by atoms with van der Waals surface area (Å²) in [6.07, 6.45) is 2.66. The molecule has 0 aliphatic rings. The first-order chi connectivity index (χ1) is 12.1. The Morgan fingerprint density at radius 2 is 1.31 bits per heavy atom. The average molecular weight is 389 g/mol. The van der Waals surface area contributed by atoms with Gasteiger partial charge in [-0.1, -0.05) is 52.4 Å². The molecule has 0 atom stereocenters. The third kappa shape index (κ3) is 11.6. The molecule has 0 N–H and O–H groups in total. The summed E-state index contributed by atoms with van der Waals surface area (Å²) in [4.78, 5) is 13.6. The zero-order valence-electron chi connectivity index (χ0n) is 15.8. The van der Waals surface area contributed by atoms with Crippen LogP contribution in [0.4, 0.5) is 22.0 Å². The molecule has 0 aromatic carbocycles. The van der Waals surface area contributed by atoms with Gasteiger partial charge in [-0.3, -0.25) is 4.79 Å². The second kappa shape index (κ2) is 13.3. The average Bonchev–Trinajstić information content (AvgIpc) is 2.56. The molecular weight excluding hydrogens is 357 g/mol. The van der Waals surface area contributed by atoms with E-state index in [1.807, 2.05) is 0 Å². The highest BCUT2D eigenvalue weighted by molar-refractivity contribution is 5.69. The molecule has 0 aromatic rings. The zero-order valence-corrected chi connectivity index (χ0v) is 15.8. The van der Waals surface area contributed by atoms with E-state index in [2.05, 4.69) is 23.5 Å². The van der Waals surface area contributed by atoms with E-state index in [4.69, 9.17) is 0 Å². The molecule has 0 unspecified atom stereocenters. The molecular formula is C18H32F5NO2. The number of ether oxygens (including phenoxy) is 1. The van der Waals surface area contributed by atoms with E-state index in [9.17, 15) is 26.7 Å². The second-order valence-corrected chi connectivity index (χ2v) is 6.58. The molecule has 0 spiro atoms. The standard InChI is InChI=1S/C18H32F5NO2/c1-3-5-7-9-12-24(13-10-8-6-4-2)14-11-16(25)26-15-17(19,20)18(21,22)23/h3-15H2,1-2H3. The van der Waals surface area contributed by atoms with Crippen molar-refractivity contribution in [2.45, 2.75) is 83.7 Å². The highest BCUT2D eigenvalue weighted by Crippen LogP contribution is 2.35. The molecule has 0 aliphatic heterocycles. The van der Waals surface area contributed by atoms with Gasteiger partial charge in [-0.2, -0.15) is 22.0 Å². The number of rotatable bonds is 15. The van der Waals surface area contributed by atoms with Gasteiger partial charge in [-0.15, -0.1) is 0 Å². The Kier molecular flexibility index (Phi) is 12.8. The van der Waals surface area contributed by atoms with Crippen LogP contribution in [-0.4, -0.2) is 49.2 Å². The molecule has 0 bridgehead atoms. The SMILES string of the molecule is CCCCCCN(CCCCCC)CCC(=O)OCC(F)(F)C(F)(F)F. The summed E-state index contributed by atoms with van der Waals surface area (Å²) in [5.74, 6) is -6.04. The fourth-order valence-electron chi connectivity index (χ4n) is 2.43. The topological polar surface area (TPSA) is 29.5 Å². The lowest BCUT2D eigenvalue weighted by Gasteiger charge is -2.22. The Balaban J connectivity index is 4.26. The van der Waals surface area contributed by atoms with Gasteiger partial charge in [0.25, 0.3) is 0 Å². The maximum Gasteiger partial charge on any atom is 0.456 e. The van der Waals surface area contributed by atoms with Crippen molar-refractivity contribution >= 4 is 5.97 Å². The van der Waals surface area contributed by atoms with Crippen LogP contribution in [0.15, 0.2) is 0 Å². The lowest BCUT2D eigenvalue weighted by molar-refractivity contribution is -0.294. The van der Waals surface area contributed by atoms with Crippen LogP contribution in [-0.2, 0) is 9.53 Å². The van der Waals surface area contributed by atoms with E-state index < -0.39 is 24.7 Å². The second-order valence-electron chi connectivity index (χ2n) is 6.58. The summed E-state index contributed by atoms with van der Waals surface area (Å²) in [6.45, 7) is 4.15. The van der Waals surface area contributed by atoms with Crippen molar-refractivity contribution < 1.29 is 31.5 Å². The van der Waals surface area contributed by atoms with Crippen LogP contribution in [0.1, 0.15) is 71.6 Å². The van der Waals surface area contributed by atoms with Gasteiger partial charge in [-0.25, -0.2) is 0 Å². The van der Waals surface area contributed by atoms with E-state index in [-0.39, 0.29) is 6.42 Å². The van der Waals surface area contributed by atoms with Gasteiger partial charge in [0.2, 0.25) is 0 Å². The van der Waals surface area contributed by atoms with E-state index in [0.29, 0.717) is 6.54 Å². The number of alkyl halides is 5. The minimum Gasteiger partial charge on any atom is -0.459 e. The monoisotopic (exact) mass is 389 g/mol. The number of halogens is 5. The lowest BCUT2D eigenvalue weighted by atomic mass is 10.1. The molecule has 0 aliphatic carbocycles. The molecule has 0 saturated carbocycles. The van der Waals surface area contributed by atoms with Gasteiger partial charge in [0.1, 0.15) is 0 Å². The molecule has 156 valence electrons. The number of nitrogens with zero attached hydrogens (tertiary/aromatic N) is 1. The normalized spacial score (nSPS) is 12.6. The van der Waals surface area contributed by atoms with Crippen LogP contribution in [0.2, 0.25) is 0 Å². The van der Waals surface area contributed by atoms with Gasteiger partial charge in [0, 0.05) is 6.54 Å². The van der Waals surface area contributed by atoms with Crippen LogP contribution in [0.3, 0.4) is 0 Å². The maximum atomic E-state index is 12.8. The predicted molar refractivity (Wildman–Crippen MR) is 91.3 cm³/mol. The molecule has 0 heterocycles. The Hall–Kier alpha value is -0.920. The number of carbonyl (C=O) groups excluding carboxylic acids is 1. The largest absolute Gasteiger partial charge is 0.459 e. The molecule has 0 radical (unpaired) electrons. The van der Waals surface area contributed by atoms with Crippen LogP contribution in [0.25, 0.3) is 0 Å². The van der Waals surface area contributed by atoms with Gasteiger partial charge in [0.05, 0.1) is 6.42 Å². The fraction of sp³-hybridized carbons (Fsp3) is 0.944. The van der Waals surface area contributed by atoms with E-state index in [0.717, 1.165) is 64.5 Å². The first kappa shape index (κ1) is 25.1. The molecule has 8 heteroatoms. The Labute approximate surface area is 153 Å². The number of hydrogen-bond acceptors (Lipinski definition) is 3. The first-order valence-electron chi connectivity index (χ1n) is 9.46. The van der Waals surface area contributed by atoms with E-state index >= 15 is 0 Å². The molecule has 3 nitrogen and oxygen atoms in total. The van der Waals surface area contributed by atoms with Crippen molar-refractivity contribution in [2.75, 3.05) is 26.2 Å². The maximum absolute atomic E-state index is 12.8. The molecule has 0 aromatic heterocycles. The summed E-state index contributed by atoms with van der Waals surface area (Å²) >= 11 is 0. The van der Waals surface area contributed by atoms with Crippen molar-refractivity contribution in [3.63, 3.8) is 0 Å². The smallest absolute Gasteiger partial charge is 0.456 e. The first-order valence-corrected chi connectivity index (χ1v) is 9.46. The third-order valence-corrected chi connectivity index (χ3v) is 4.12. The van der Waals surface area contributed by atoms with Crippen LogP contribution < -0.4 is 0 Å². The molecule has 26 heavy (non-hydrogen) atoms. The van der Waals surface area contributed by atoms with Crippen molar-refractivity contribution in [1.29, 1.82) is 0 Å². The third-order valence-electron chi connectivity index (χ3n) is 4.12. The van der Waals surface area contributed by atoms with Gasteiger partial charge >= 0.3 is 18.1 Å². The highest BCUT2D eigenvalue weighted by Gasteiger charge is 2.58. The summed E-state index contributed by atoms with van der Waals surface area (Å²) < 4.78 is 65.8. The van der Waals surface area contributed by atoms with Crippen molar-refractivity contribution in [3.8, 4) is 0 Å². The molecule has 0 amide bonds.